The maximum atomic E-state index is 12.9. The topological polar surface area (TPSA) is 53.3 Å². The molecule has 1 saturated heterocycles. The van der Waals surface area contributed by atoms with Gasteiger partial charge in [0.05, 0.1) is 20.4 Å². The number of aryl methyl sites for hydroxylation is 1. The van der Waals surface area contributed by atoms with Gasteiger partial charge in [0.25, 0.3) is 0 Å². The molecule has 4 nitrogen and oxygen atoms in total. The summed E-state index contributed by atoms with van der Waals surface area (Å²) in [5.41, 5.74) is 3.03. The van der Waals surface area contributed by atoms with E-state index >= 15 is 0 Å². The fourth-order valence-corrected chi connectivity index (χ4v) is 4.25. The Morgan fingerprint density at radius 2 is 2.19 bits per heavy atom. The predicted molar refractivity (Wildman–Crippen MR) is 102 cm³/mol. The van der Waals surface area contributed by atoms with Gasteiger partial charge in [-0.25, -0.2) is 4.79 Å². The Hall–Kier alpha value is -2.28. The Kier molecular flexibility index (Phi) is 3.96. The predicted octanol–water partition coefficient (Wildman–Crippen LogP) is 5.28. The summed E-state index contributed by atoms with van der Waals surface area (Å²) >= 11 is 0. The van der Waals surface area contributed by atoms with Crippen LogP contribution in [0.4, 0.5) is 4.79 Å². The maximum Gasteiger partial charge on any atom is 0.410 e. The van der Waals surface area contributed by atoms with E-state index in [0.29, 0.717) is 12.1 Å². The van der Waals surface area contributed by atoms with Crippen molar-refractivity contribution >= 4 is 6.09 Å². The normalized spacial score (nSPS) is 22.8. The van der Waals surface area contributed by atoms with Crippen LogP contribution in [0.5, 0.6) is 0 Å². The third-order valence-electron chi connectivity index (χ3n) is 5.45. The van der Waals surface area contributed by atoms with E-state index in [0.717, 1.165) is 42.4 Å². The number of ether oxygens (including phenoxy) is 1. The third kappa shape index (κ3) is 3.62. The lowest BCUT2D eigenvalue weighted by Gasteiger charge is -2.52. The van der Waals surface area contributed by atoms with Gasteiger partial charge in [-0.3, -0.25) is 0 Å². The van der Waals surface area contributed by atoms with Crippen molar-refractivity contribution in [3.63, 3.8) is 0 Å². The summed E-state index contributed by atoms with van der Waals surface area (Å²) in [6, 6.07) is 7.65. The molecular weight excluding hydrogens is 324 g/mol. The number of nitrogens with zero attached hydrogens (tertiary/aromatic N) is 2. The van der Waals surface area contributed by atoms with Crippen molar-refractivity contribution in [1.82, 2.24) is 4.90 Å². The van der Waals surface area contributed by atoms with Crippen LogP contribution in [-0.2, 0) is 4.74 Å². The molecule has 0 bridgehead atoms. The van der Waals surface area contributed by atoms with Crippen molar-refractivity contribution in [3.8, 4) is 6.07 Å². The van der Waals surface area contributed by atoms with Crippen LogP contribution in [0.15, 0.2) is 30.3 Å². The molecule has 3 rings (SSSR count). The van der Waals surface area contributed by atoms with Gasteiger partial charge in [-0.15, -0.1) is 0 Å². The number of amides is 1. The zero-order chi connectivity index (χ0) is 20.7. The van der Waals surface area contributed by atoms with E-state index in [2.05, 4.69) is 6.07 Å². The first-order valence-electron chi connectivity index (χ1n) is 10.2. The largest absolute Gasteiger partial charge is 0.444 e. The zero-order valence-electron chi connectivity index (χ0n) is 18.1. The van der Waals surface area contributed by atoms with Gasteiger partial charge in [-0.1, -0.05) is 18.2 Å². The van der Waals surface area contributed by atoms with Gasteiger partial charge in [-0.2, -0.15) is 5.26 Å². The van der Waals surface area contributed by atoms with Gasteiger partial charge in [0.1, 0.15) is 5.60 Å². The number of rotatable bonds is 1. The van der Waals surface area contributed by atoms with Crippen LogP contribution in [-0.4, -0.2) is 23.1 Å². The van der Waals surface area contributed by atoms with Crippen LogP contribution in [0.1, 0.15) is 71.9 Å². The zero-order valence-corrected chi connectivity index (χ0v) is 16.1. The molecule has 2 fully saturated rings. The number of allylic oxidation sites excluding steroid dienone is 1. The van der Waals surface area contributed by atoms with Crippen molar-refractivity contribution in [1.29, 1.82) is 5.26 Å². The SMILES string of the molecule is [2H]C([2H])=C1CC2(CCN(C(=O)OC(C)(C)C)C(c3ccc(C#N)cc3C)C2)C1. The van der Waals surface area contributed by atoms with Gasteiger partial charge in [-0.05, 0) is 82.1 Å². The maximum absolute atomic E-state index is 12.9. The van der Waals surface area contributed by atoms with Gasteiger partial charge in [0.2, 0.25) is 0 Å². The van der Waals surface area contributed by atoms with Crippen LogP contribution >= 0.6 is 0 Å². The molecule has 138 valence electrons. The highest BCUT2D eigenvalue weighted by atomic mass is 16.6. The molecule has 0 radical (unpaired) electrons. The fraction of sp³-hybridized carbons (Fsp3) is 0.545. The second-order valence-electron chi connectivity index (χ2n) is 8.78. The first-order chi connectivity index (χ1) is 13.0. The Morgan fingerprint density at radius 1 is 1.46 bits per heavy atom. The molecule has 1 saturated carbocycles. The summed E-state index contributed by atoms with van der Waals surface area (Å²) in [6.45, 7) is 8.11. The van der Waals surface area contributed by atoms with E-state index in [4.69, 9.17) is 12.7 Å². The number of nitriles is 1. The summed E-state index contributed by atoms with van der Waals surface area (Å²) in [5.74, 6) is 0. The lowest BCUT2D eigenvalue weighted by Crippen LogP contribution is -2.49. The monoisotopic (exact) mass is 354 g/mol. The van der Waals surface area contributed by atoms with Crippen molar-refractivity contribution in [2.75, 3.05) is 6.54 Å². The summed E-state index contributed by atoms with van der Waals surface area (Å²) in [4.78, 5) is 14.7. The van der Waals surface area contributed by atoms with Crippen LogP contribution < -0.4 is 0 Å². The minimum absolute atomic E-state index is 0.0478. The van der Waals surface area contributed by atoms with E-state index in [1.807, 2.05) is 44.7 Å². The minimum atomic E-state index is -0.561. The van der Waals surface area contributed by atoms with Crippen molar-refractivity contribution in [3.05, 3.63) is 47.0 Å². The highest BCUT2D eigenvalue weighted by Gasteiger charge is 2.47. The van der Waals surface area contributed by atoms with Crippen LogP contribution in [0.3, 0.4) is 0 Å². The lowest BCUT2D eigenvalue weighted by atomic mass is 9.59. The average molecular weight is 354 g/mol. The molecule has 1 aromatic carbocycles. The highest BCUT2D eigenvalue weighted by Crippen LogP contribution is 2.56. The Bertz CT molecular complexity index is 852. The molecule has 1 aliphatic carbocycles. The average Bonchev–Trinajstić information content (AvgIpc) is 2.57. The standard InChI is InChI=1S/C22H28N2O2/c1-15-11-22(12-15)8-9-24(20(25)26-21(3,4)5)19(13-22)18-7-6-17(14-23)10-16(18)2/h6-7,10,19H,1,8-9,11-13H2,2-5H3/i1D2. The summed E-state index contributed by atoms with van der Waals surface area (Å²) in [7, 11) is 0. The molecule has 1 aliphatic heterocycles. The van der Waals surface area contributed by atoms with Gasteiger partial charge in [0.15, 0.2) is 0 Å². The van der Waals surface area contributed by atoms with Crippen molar-refractivity contribution in [2.45, 2.75) is 65.0 Å². The van der Waals surface area contributed by atoms with E-state index in [1.165, 1.54) is 0 Å². The molecule has 1 heterocycles. The number of carbonyl (C=O) groups excluding carboxylic acids is 1. The fourth-order valence-electron chi connectivity index (χ4n) is 4.25. The molecule has 0 aromatic heterocycles. The first kappa shape index (κ1) is 15.9. The van der Waals surface area contributed by atoms with Crippen LogP contribution in [0.25, 0.3) is 0 Å². The first-order valence-corrected chi connectivity index (χ1v) is 9.19. The van der Waals surface area contributed by atoms with E-state index < -0.39 is 5.60 Å². The van der Waals surface area contributed by atoms with E-state index in [9.17, 15) is 4.79 Å². The molecule has 1 aromatic rings. The van der Waals surface area contributed by atoms with Crippen LogP contribution in [0, 0.1) is 23.7 Å². The lowest BCUT2D eigenvalue weighted by molar-refractivity contribution is -0.0176. The molecule has 26 heavy (non-hydrogen) atoms. The molecule has 2 aliphatic rings. The van der Waals surface area contributed by atoms with Gasteiger partial charge >= 0.3 is 6.09 Å². The van der Waals surface area contributed by atoms with Gasteiger partial charge in [0, 0.05) is 6.54 Å². The molecule has 0 N–H and O–H groups in total. The Labute approximate surface area is 159 Å². The Balaban J connectivity index is 1.92. The molecule has 4 heteroatoms. The molecule has 1 spiro atoms. The van der Waals surface area contributed by atoms with Crippen molar-refractivity contribution in [2.24, 2.45) is 5.41 Å². The van der Waals surface area contributed by atoms with Crippen LogP contribution in [0.2, 0.25) is 0 Å². The Morgan fingerprint density at radius 3 is 2.77 bits per heavy atom. The van der Waals surface area contributed by atoms with Gasteiger partial charge < -0.3 is 9.64 Å². The number of piperidine rings is 1. The second-order valence-corrected chi connectivity index (χ2v) is 8.78. The molecular formula is C22H28N2O2. The van der Waals surface area contributed by atoms with E-state index in [-0.39, 0.29) is 24.1 Å². The van der Waals surface area contributed by atoms with E-state index in [1.54, 1.807) is 6.07 Å². The molecule has 1 amide bonds. The molecule has 1 atom stereocenters. The number of likely N-dealkylation sites (tertiary alicyclic amines) is 1. The number of hydrogen-bond acceptors (Lipinski definition) is 3. The minimum Gasteiger partial charge on any atom is -0.444 e. The second kappa shape index (κ2) is 6.46. The third-order valence-corrected chi connectivity index (χ3v) is 5.45. The smallest absolute Gasteiger partial charge is 0.410 e. The number of benzene rings is 1. The molecule has 1 unspecified atom stereocenters. The number of carbonyl (C=O) groups is 1. The summed E-state index contributed by atoms with van der Waals surface area (Å²) in [6.07, 6.45) is 2.87. The summed E-state index contributed by atoms with van der Waals surface area (Å²) < 4.78 is 20.8. The number of hydrogen-bond donors (Lipinski definition) is 0. The van der Waals surface area contributed by atoms with Crippen molar-refractivity contribution < 1.29 is 12.3 Å². The highest BCUT2D eigenvalue weighted by molar-refractivity contribution is 5.69. The quantitative estimate of drug-likeness (QED) is 0.645. The summed E-state index contributed by atoms with van der Waals surface area (Å²) in [5, 5.41) is 9.17.